The molecule has 0 unspecified atom stereocenters. The summed E-state index contributed by atoms with van der Waals surface area (Å²) in [6, 6.07) is 1.51. The van der Waals surface area contributed by atoms with Crippen LogP contribution in [0, 0.1) is 0 Å². The van der Waals surface area contributed by atoms with Crippen LogP contribution < -0.4 is 5.73 Å². The van der Waals surface area contributed by atoms with Crippen LogP contribution in [-0.2, 0) is 4.74 Å². The number of pyridine rings is 1. The molecule has 0 spiro atoms. The molecule has 15 heavy (non-hydrogen) atoms. The number of ether oxygens (including phenoxy) is 1. The molecule has 1 aromatic rings. The van der Waals surface area contributed by atoms with E-state index in [1.807, 2.05) is 0 Å². The number of aromatic nitrogens is 1. The Morgan fingerprint density at radius 3 is 2.60 bits per heavy atom. The third-order valence-corrected chi connectivity index (χ3v) is 1.83. The molecular weight excluding hydrogens is 216 g/mol. The first-order valence-electron chi connectivity index (χ1n) is 4.44. The Hall–Kier alpha value is -1.29. The number of hydrogen-bond donors (Lipinski definition) is 1. The first kappa shape index (κ1) is 11.8. The smallest absolute Gasteiger partial charge is 0.343 e. The molecule has 0 saturated carbocycles. The molecule has 5 heteroatoms. The van der Waals surface area contributed by atoms with Gasteiger partial charge < -0.3 is 10.5 Å². The first-order valence-corrected chi connectivity index (χ1v) is 4.82. The van der Waals surface area contributed by atoms with Crippen molar-refractivity contribution < 1.29 is 9.53 Å². The molecule has 1 heterocycles. The van der Waals surface area contributed by atoms with Gasteiger partial charge in [0.2, 0.25) is 0 Å². The molecule has 4 nitrogen and oxygen atoms in total. The number of hydrogen-bond acceptors (Lipinski definition) is 4. The van der Waals surface area contributed by atoms with Crippen LogP contribution in [0.3, 0.4) is 0 Å². The number of nitrogen functional groups attached to an aromatic ring is 1. The summed E-state index contributed by atoms with van der Waals surface area (Å²) in [6.07, 6.45) is 1.44. The van der Waals surface area contributed by atoms with Gasteiger partial charge in [-0.2, -0.15) is 0 Å². The Labute approximate surface area is 93.4 Å². The van der Waals surface area contributed by atoms with E-state index in [-0.39, 0.29) is 16.4 Å². The van der Waals surface area contributed by atoms with Crippen LogP contribution in [0.5, 0.6) is 0 Å². The van der Waals surface area contributed by atoms with Crippen molar-refractivity contribution in [3.8, 4) is 0 Å². The normalized spacial score (nSPS) is 11.2. The highest BCUT2D eigenvalue weighted by Gasteiger charge is 2.22. The second kappa shape index (κ2) is 4.06. The molecule has 0 saturated heterocycles. The van der Waals surface area contributed by atoms with Crippen molar-refractivity contribution in [2.75, 3.05) is 5.73 Å². The van der Waals surface area contributed by atoms with Crippen LogP contribution in [0.25, 0.3) is 0 Å². The highest BCUT2D eigenvalue weighted by atomic mass is 35.5. The number of rotatable bonds is 1. The van der Waals surface area contributed by atoms with Gasteiger partial charge >= 0.3 is 5.97 Å². The molecule has 0 atom stereocenters. The minimum Gasteiger partial charge on any atom is -0.456 e. The molecule has 0 fully saturated rings. The fraction of sp³-hybridized carbons (Fsp3) is 0.400. The zero-order valence-corrected chi connectivity index (χ0v) is 9.63. The van der Waals surface area contributed by atoms with E-state index in [0.29, 0.717) is 0 Å². The third-order valence-electron chi connectivity index (χ3n) is 1.54. The van der Waals surface area contributed by atoms with Gasteiger partial charge in [-0.05, 0) is 26.8 Å². The summed E-state index contributed by atoms with van der Waals surface area (Å²) in [7, 11) is 0. The molecule has 0 aliphatic heterocycles. The summed E-state index contributed by atoms with van der Waals surface area (Å²) in [5, 5.41) is 0.0595. The molecule has 0 amide bonds. The summed E-state index contributed by atoms with van der Waals surface area (Å²) < 4.78 is 5.14. The van der Waals surface area contributed by atoms with Gasteiger partial charge in [0.15, 0.2) is 0 Å². The quantitative estimate of drug-likeness (QED) is 0.592. The van der Waals surface area contributed by atoms with Gasteiger partial charge in [-0.3, -0.25) is 0 Å². The van der Waals surface area contributed by atoms with Crippen LogP contribution in [0.2, 0.25) is 5.15 Å². The maximum absolute atomic E-state index is 11.7. The highest BCUT2D eigenvalue weighted by Crippen LogP contribution is 2.22. The number of esters is 1. The summed E-state index contributed by atoms with van der Waals surface area (Å²) in [4.78, 5) is 15.5. The van der Waals surface area contributed by atoms with Crippen molar-refractivity contribution in [1.29, 1.82) is 0 Å². The Morgan fingerprint density at radius 1 is 1.53 bits per heavy atom. The molecule has 1 aromatic heterocycles. The summed E-state index contributed by atoms with van der Waals surface area (Å²) in [5.74, 6) is -0.557. The minimum atomic E-state index is -0.581. The van der Waals surface area contributed by atoms with Crippen LogP contribution >= 0.6 is 11.6 Å². The van der Waals surface area contributed by atoms with Crippen LogP contribution in [-0.4, -0.2) is 16.6 Å². The predicted octanol–water partition coefficient (Wildman–Crippen LogP) is 2.27. The lowest BCUT2D eigenvalue weighted by Crippen LogP contribution is -2.24. The van der Waals surface area contributed by atoms with Gasteiger partial charge in [-0.1, -0.05) is 11.6 Å². The Kier molecular flexibility index (Phi) is 3.19. The number of nitrogens with two attached hydrogens (primary N) is 1. The Balaban J connectivity index is 3.02. The highest BCUT2D eigenvalue weighted by molar-refractivity contribution is 6.33. The fourth-order valence-electron chi connectivity index (χ4n) is 0.981. The van der Waals surface area contributed by atoms with E-state index in [1.165, 1.54) is 12.3 Å². The molecule has 0 radical (unpaired) electrons. The molecule has 0 aliphatic carbocycles. The molecule has 2 N–H and O–H groups in total. The lowest BCUT2D eigenvalue weighted by molar-refractivity contribution is 0.00706. The van der Waals surface area contributed by atoms with E-state index in [0.717, 1.165) is 0 Å². The molecule has 0 bridgehead atoms. The SMILES string of the molecule is CC(C)(C)OC(=O)c1c(N)ccnc1Cl. The van der Waals surface area contributed by atoms with E-state index in [9.17, 15) is 4.79 Å². The summed E-state index contributed by atoms with van der Waals surface area (Å²) in [5.41, 5.74) is 5.42. The van der Waals surface area contributed by atoms with Crippen molar-refractivity contribution in [3.63, 3.8) is 0 Å². The van der Waals surface area contributed by atoms with Gasteiger partial charge in [0.25, 0.3) is 0 Å². The second-order valence-corrected chi connectivity index (χ2v) is 4.43. The van der Waals surface area contributed by atoms with Gasteiger partial charge in [0.05, 0.1) is 5.69 Å². The van der Waals surface area contributed by atoms with E-state index < -0.39 is 11.6 Å². The maximum Gasteiger partial charge on any atom is 0.343 e. The minimum absolute atomic E-state index is 0.0595. The lowest BCUT2D eigenvalue weighted by atomic mass is 10.2. The number of carbonyl (C=O) groups excluding carboxylic acids is 1. The van der Waals surface area contributed by atoms with E-state index >= 15 is 0 Å². The molecule has 0 aromatic carbocycles. The number of halogens is 1. The molecule has 82 valence electrons. The van der Waals surface area contributed by atoms with Crippen LogP contribution in [0.4, 0.5) is 5.69 Å². The van der Waals surface area contributed by atoms with E-state index in [2.05, 4.69) is 4.98 Å². The van der Waals surface area contributed by atoms with Gasteiger partial charge in [-0.25, -0.2) is 9.78 Å². The third kappa shape index (κ3) is 3.09. The fourth-order valence-corrected chi connectivity index (χ4v) is 1.22. The standard InChI is InChI=1S/C10H13ClN2O2/c1-10(2,3)15-9(14)7-6(12)4-5-13-8(7)11/h4-5H,1-3H3,(H2,12,13). The predicted molar refractivity (Wildman–Crippen MR) is 58.8 cm³/mol. The van der Waals surface area contributed by atoms with E-state index in [4.69, 9.17) is 22.1 Å². The number of anilines is 1. The summed E-state index contributed by atoms with van der Waals surface area (Å²) >= 11 is 5.76. The van der Waals surface area contributed by atoms with Crippen molar-refractivity contribution in [2.45, 2.75) is 26.4 Å². The van der Waals surface area contributed by atoms with Crippen LogP contribution in [0.15, 0.2) is 12.3 Å². The Bertz CT molecular complexity index is 365. The number of carbonyl (C=O) groups is 1. The van der Waals surface area contributed by atoms with Crippen molar-refractivity contribution >= 4 is 23.3 Å². The second-order valence-electron chi connectivity index (χ2n) is 4.07. The molecule has 0 aliphatic rings. The zero-order chi connectivity index (χ0) is 11.6. The van der Waals surface area contributed by atoms with E-state index in [1.54, 1.807) is 20.8 Å². The average Bonchev–Trinajstić information content (AvgIpc) is 1.99. The topological polar surface area (TPSA) is 65.2 Å². The monoisotopic (exact) mass is 228 g/mol. The van der Waals surface area contributed by atoms with Crippen molar-refractivity contribution in [3.05, 3.63) is 23.0 Å². The Morgan fingerprint density at radius 2 is 2.13 bits per heavy atom. The average molecular weight is 229 g/mol. The van der Waals surface area contributed by atoms with Crippen LogP contribution in [0.1, 0.15) is 31.1 Å². The largest absolute Gasteiger partial charge is 0.456 e. The van der Waals surface area contributed by atoms with Gasteiger partial charge in [0, 0.05) is 6.20 Å². The summed E-state index contributed by atoms with van der Waals surface area (Å²) in [6.45, 7) is 5.31. The van der Waals surface area contributed by atoms with Gasteiger partial charge in [-0.15, -0.1) is 0 Å². The van der Waals surface area contributed by atoms with Crippen molar-refractivity contribution in [1.82, 2.24) is 4.98 Å². The zero-order valence-electron chi connectivity index (χ0n) is 8.87. The molecular formula is C10H13ClN2O2. The van der Waals surface area contributed by atoms with Gasteiger partial charge in [0.1, 0.15) is 16.3 Å². The number of nitrogens with zero attached hydrogens (tertiary/aromatic N) is 1. The molecule has 1 rings (SSSR count). The maximum atomic E-state index is 11.7. The van der Waals surface area contributed by atoms with Crippen molar-refractivity contribution in [2.24, 2.45) is 0 Å². The lowest BCUT2D eigenvalue weighted by Gasteiger charge is -2.20. The first-order chi connectivity index (χ1) is 6.81.